The summed E-state index contributed by atoms with van der Waals surface area (Å²) < 4.78 is 0.799. The molecule has 0 aromatic carbocycles. The van der Waals surface area contributed by atoms with E-state index < -0.39 is 5.97 Å². The van der Waals surface area contributed by atoms with Crippen LogP contribution in [0.15, 0.2) is 22.8 Å². The van der Waals surface area contributed by atoms with Crippen LogP contribution < -0.4 is 5.32 Å². The number of aromatic nitrogens is 1. The number of carbonyl (C=O) groups excluding carboxylic acids is 1. The van der Waals surface area contributed by atoms with Crippen LogP contribution in [0.4, 0.5) is 0 Å². The van der Waals surface area contributed by atoms with Crippen molar-refractivity contribution < 1.29 is 14.7 Å². The van der Waals surface area contributed by atoms with Gasteiger partial charge in [0.2, 0.25) is 0 Å². The molecule has 17 heavy (non-hydrogen) atoms. The molecule has 0 saturated heterocycles. The van der Waals surface area contributed by atoms with Gasteiger partial charge in [-0.25, -0.2) is 4.98 Å². The summed E-state index contributed by atoms with van der Waals surface area (Å²) in [6.45, 7) is 2.09. The molecule has 0 fully saturated rings. The summed E-state index contributed by atoms with van der Waals surface area (Å²) in [5.41, 5.74) is 0.315. The van der Waals surface area contributed by atoms with Gasteiger partial charge in [0.15, 0.2) is 0 Å². The molecule has 2 N–H and O–H groups in total. The van der Waals surface area contributed by atoms with Crippen LogP contribution in [0, 0.1) is 5.92 Å². The Labute approximate surface area is 107 Å². The van der Waals surface area contributed by atoms with E-state index in [0.29, 0.717) is 12.2 Å². The highest BCUT2D eigenvalue weighted by atomic mass is 79.9. The number of rotatable bonds is 5. The molecule has 0 bridgehead atoms. The van der Waals surface area contributed by atoms with Crippen molar-refractivity contribution in [1.29, 1.82) is 0 Å². The highest BCUT2D eigenvalue weighted by molar-refractivity contribution is 9.10. The maximum atomic E-state index is 11.6. The molecule has 1 atom stereocenters. The van der Waals surface area contributed by atoms with Crippen LogP contribution >= 0.6 is 15.9 Å². The summed E-state index contributed by atoms with van der Waals surface area (Å²) in [7, 11) is 0. The topological polar surface area (TPSA) is 79.3 Å². The van der Waals surface area contributed by atoms with Crippen LogP contribution in [-0.2, 0) is 4.79 Å². The summed E-state index contributed by atoms with van der Waals surface area (Å²) in [4.78, 5) is 26.0. The van der Waals surface area contributed by atoms with Gasteiger partial charge in [-0.15, -0.1) is 0 Å². The van der Waals surface area contributed by atoms with Crippen molar-refractivity contribution in [3.63, 3.8) is 0 Å². The lowest BCUT2D eigenvalue weighted by Gasteiger charge is -2.09. The summed E-state index contributed by atoms with van der Waals surface area (Å²) in [5.74, 6) is -1.27. The quantitative estimate of drug-likeness (QED) is 0.867. The molecule has 1 aromatic heterocycles. The molecule has 5 nitrogen and oxygen atoms in total. The fourth-order valence-electron chi connectivity index (χ4n) is 1.24. The van der Waals surface area contributed by atoms with E-state index in [4.69, 9.17) is 5.11 Å². The van der Waals surface area contributed by atoms with E-state index in [1.54, 1.807) is 19.1 Å². The number of nitrogens with one attached hydrogen (secondary N) is 1. The van der Waals surface area contributed by atoms with Crippen molar-refractivity contribution in [2.75, 3.05) is 6.54 Å². The summed E-state index contributed by atoms with van der Waals surface area (Å²) in [5, 5.41) is 11.2. The first-order valence-electron chi connectivity index (χ1n) is 5.10. The van der Waals surface area contributed by atoms with E-state index in [1.807, 2.05) is 0 Å². The minimum Gasteiger partial charge on any atom is -0.481 e. The smallest absolute Gasteiger partial charge is 0.303 e. The fraction of sp³-hybridized carbons (Fsp3) is 0.364. The van der Waals surface area contributed by atoms with Crippen molar-refractivity contribution in [2.45, 2.75) is 13.3 Å². The number of hydrogen-bond donors (Lipinski definition) is 2. The average Bonchev–Trinajstić information content (AvgIpc) is 2.26. The van der Waals surface area contributed by atoms with E-state index in [1.165, 1.54) is 6.20 Å². The van der Waals surface area contributed by atoms with E-state index in [9.17, 15) is 9.59 Å². The summed E-state index contributed by atoms with van der Waals surface area (Å²) >= 11 is 3.22. The number of nitrogens with zero attached hydrogens (tertiary/aromatic N) is 1. The van der Waals surface area contributed by atoms with Crippen LogP contribution in [-0.4, -0.2) is 28.5 Å². The molecule has 92 valence electrons. The standard InChI is InChI=1S/C11H13BrN2O3/c1-7(4-10(15)16)5-14-11(17)9-3-2-8(12)6-13-9/h2-3,6-7H,4-5H2,1H3,(H,14,17)(H,15,16). The highest BCUT2D eigenvalue weighted by Gasteiger charge is 2.11. The van der Waals surface area contributed by atoms with Gasteiger partial charge in [-0.3, -0.25) is 9.59 Å². The van der Waals surface area contributed by atoms with Crippen molar-refractivity contribution in [3.8, 4) is 0 Å². The Morgan fingerprint density at radius 1 is 1.53 bits per heavy atom. The molecule has 0 radical (unpaired) electrons. The molecule has 0 aliphatic carbocycles. The third-order valence-corrected chi connectivity index (χ3v) is 2.56. The Morgan fingerprint density at radius 2 is 2.24 bits per heavy atom. The zero-order chi connectivity index (χ0) is 12.8. The average molecular weight is 301 g/mol. The van der Waals surface area contributed by atoms with E-state index >= 15 is 0 Å². The Bertz CT molecular complexity index is 406. The molecule has 1 aromatic rings. The maximum absolute atomic E-state index is 11.6. The molecule has 0 saturated carbocycles. The second-order valence-corrected chi connectivity index (χ2v) is 4.69. The minimum atomic E-state index is -0.867. The number of aliphatic carboxylic acids is 1. The molecule has 0 aliphatic heterocycles. The maximum Gasteiger partial charge on any atom is 0.303 e. The lowest BCUT2D eigenvalue weighted by atomic mass is 10.1. The predicted molar refractivity (Wildman–Crippen MR) is 65.7 cm³/mol. The molecular weight excluding hydrogens is 288 g/mol. The van der Waals surface area contributed by atoms with Gasteiger partial charge in [0, 0.05) is 23.6 Å². The highest BCUT2D eigenvalue weighted by Crippen LogP contribution is 2.07. The van der Waals surface area contributed by atoms with Gasteiger partial charge >= 0.3 is 5.97 Å². The third-order valence-electron chi connectivity index (χ3n) is 2.09. The number of amides is 1. The van der Waals surface area contributed by atoms with Crippen LogP contribution in [0.1, 0.15) is 23.8 Å². The lowest BCUT2D eigenvalue weighted by molar-refractivity contribution is -0.137. The zero-order valence-electron chi connectivity index (χ0n) is 9.31. The van der Waals surface area contributed by atoms with Gasteiger partial charge in [0.05, 0.1) is 0 Å². The normalized spacial score (nSPS) is 11.9. The van der Waals surface area contributed by atoms with Gasteiger partial charge in [0.1, 0.15) is 5.69 Å². The summed E-state index contributed by atoms with van der Waals surface area (Å²) in [6.07, 6.45) is 1.57. The number of carboxylic acids is 1. The van der Waals surface area contributed by atoms with Crippen molar-refractivity contribution in [2.24, 2.45) is 5.92 Å². The van der Waals surface area contributed by atoms with Crippen LogP contribution in [0.5, 0.6) is 0 Å². The van der Waals surface area contributed by atoms with Gasteiger partial charge in [0.25, 0.3) is 5.91 Å². The van der Waals surface area contributed by atoms with Gasteiger partial charge in [-0.2, -0.15) is 0 Å². The number of carbonyl (C=O) groups is 2. The Balaban J connectivity index is 2.44. The first-order chi connectivity index (χ1) is 7.99. The Morgan fingerprint density at radius 3 is 2.76 bits per heavy atom. The molecule has 0 aliphatic rings. The number of halogens is 1. The monoisotopic (exact) mass is 300 g/mol. The van der Waals surface area contributed by atoms with Crippen LogP contribution in [0.2, 0.25) is 0 Å². The van der Waals surface area contributed by atoms with E-state index in [0.717, 1.165) is 4.47 Å². The molecule has 1 heterocycles. The van der Waals surface area contributed by atoms with Gasteiger partial charge in [-0.1, -0.05) is 6.92 Å². The van der Waals surface area contributed by atoms with Crippen LogP contribution in [0.3, 0.4) is 0 Å². The lowest BCUT2D eigenvalue weighted by Crippen LogP contribution is -2.29. The molecule has 6 heteroatoms. The largest absolute Gasteiger partial charge is 0.481 e. The molecule has 0 spiro atoms. The van der Waals surface area contributed by atoms with Gasteiger partial charge < -0.3 is 10.4 Å². The number of hydrogen-bond acceptors (Lipinski definition) is 3. The minimum absolute atomic E-state index is 0.0358. The molecular formula is C11H13BrN2O3. The first-order valence-corrected chi connectivity index (χ1v) is 5.90. The molecule has 1 rings (SSSR count). The molecule has 1 unspecified atom stereocenters. The SMILES string of the molecule is CC(CNC(=O)c1ccc(Br)cn1)CC(=O)O. The summed E-state index contributed by atoms with van der Waals surface area (Å²) in [6, 6.07) is 3.32. The van der Waals surface area contributed by atoms with Crippen molar-refractivity contribution >= 4 is 27.8 Å². The van der Waals surface area contributed by atoms with Crippen molar-refractivity contribution in [1.82, 2.24) is 10.3 Å². The van der Waals surface area contributed by atoms with E-state index in [-0.39, 0.29) is 18.2 Å². The first kappa shape index (κ1) is 13.6. The van der Waals surface area contributed by atoms with Crippen LogP contribution in [0.25, 0.3) is 0 Å². The second-order valence-electron chi connectivity index (χ2n) is 3.77. The Kier molecular flexibility index (Phi) is 5.09. The fourth-order valence-corrected chi connectivity index (χ4v) is 1.47. The number of carboxylic acid groups (broad SMARTS) is 1. The Hall–Kier alpha value is -1.43. The zero-order valence-corrected chi connectivity index (χ0v) is 10.9. The molecule has 1 amide bonds. The van der Waals surface area contributed by atoms with E-state index in [2.05, 4.69) is 26.2 Å². The second kappa shape index (κ2) is 6.34. The van der Waals surface area contributed by atoms with Gasteiger partial charge in [-0.05, 0) is 34.0 Å². The van der Waals surface area contributed by atoms with Crippen molar-refractivity contribution in [3.05, 3.63) is 28.5 Å². The predicted octanol–water partition coefficient (Wildman–Crippen LogP) is 1.68. The number of pyridine rings is 1. The third kappa shape index (κ3) is 4.95.